The predicted molar refractivity (Wildman–Crippen MR) is 69.4 cm³/mol. The van der Waals surface area contributed by atoms with E-state index >= 15 is 0 Å². The first-order chi connectivity index (χ1) is 7.47. The standard InChI is InChI=1S/C15H28O/c1-5-6-7-10-15(3,4)13-9-8-12(2)11-14(13)16/h12-13H,5-11H2,1-4H3. The molecule has 0 amide bonds. The van der Waals surface area contributed by atoms with Crippen LogP contribution in [0.1, 0.15) is 72.6 Å². The molecule has 16 heavy (non-hydrogen) atoms. The lowest BCUT2D eigenvalue weighted by atomic mass is 9.66. The summed E-state index contributed by atoms with van der Waals surface area (Å²) in [4.78, 5) is 12.1. The van der Waals surface area contributed by atoms with Crippen LogP contribution in [0.25, 0.3) is 0 Å². The van der Waals surface area contributed by atoms with E-state index in [9.17, 15) is 4.79 Å². The van der Waals surface area contributed by atoms with Gasteiger partial charge in [-0.1, -0.05) is 47.0 Å². The van der Waals surface area contributed by atoms with Crippen LogP contribution in [0.3, 0.4) is 0 Å². The van der Waals surface area contributed by atoms with Gasteiger partial charge in [-0.15, -0.1) is 0 Å². The lowest BCUT2D eigenvalue weighted by Gasteiger charge is -2.37. The molecule has 0 bridgehead atoms. The van der Waals surface area contributed by atoms with Gasteiger partial charge in [0.05, 0.1) is 0 Å². The minimum atomic E-state index is 0.229. The first kappa shape index (κ1) is 13.7. The lowest BCUT2D eigenvalue weighted by Crippen LogP contribution is -2.35. The Bertz CT molecular complexity index is 230. The highest BCUT2D eigenvalue weighted by atomic mass is 16.1. The maximum Gasteiger partial charge on any atom is 0.136 e. The van der Waals surface area contributed by atoms with Gasteiger partial charge in [0, 0.05) is 12.3 Å². The molecule has 0 saturated heterocycles. The number of Topliss-reactive ketones (excluding diaryl/α,β-unsaturated/α-hetero) is 1. The van der Waals surface area contributed by atoms with E-state index in [0.29, 0.717) is 17.6 Å². The van der Waals surface area contributed by atoms with E-state index in [2.05, 4.69) is 27.7 Å². The highest BCUT2D eigenvalue weighted by Gasteiger charge is 2.37. The third kappa shape index (κ3) is 3.61. The summed E-state index contributed by atoms with van der Waals surface area (Å²) in [6.45, 7) is 9.03. The fourth-order valence-electron chi connectivity index (χ4n) is 3.03. The van der Waals surface area contributed by atoms with Crippen molar-refractivity contribution < 1.29 is 4.79 Å². The Balaban J connectivity index is 2.50. The molecule has 0 aromatic heterocycles. The molecule has 94 valence electrons. The third-order valence-electron chi connectivity index (χ3n) is 4.25. The Kier molecular flexibility index (Phi) is 5.01. The van der Waals surface area contributed by atoms with Gasteiger partial charge in [-0.3, -0.25) is 4.79 Å². The molecule has 0 heterocycles. The summed E-state index contributed by atoms with van der Waals surface area (Å²) in [6, 6.07) is 0. The van der Waals surface area contributed by atoms with Crippen molar-refractivity contribution in [3.63, 3.8) is 0 Å². The molecule has 0 aliphatic heterocycles. The van der Waals surface area contributed by atoms with E-state index in [1.165, 1.54) is 32.1 Å². The van der Waals surface area contributed by atoms with Crippen molar-refractivity contribution in [2.45, 2.75) is 72.6 Å². The molecule has 0 aromatic rings. The average molecular weight is 224 g/mol. The van der Waals surface area contributed by atoms with Gasteiger partial charge in [0.25, 0.3) is 0 Å². The van der Waals surface area contributed by atoms with Crippen molar-refractivity contribution in [1.29, 1.82) is 0 Å². The third-order valence-corrected chi connectivity index (χ3v) is 4.25. The van der Waals surface area contributed by atoms with Crippen LogP contribution in [0.15, 0.2) is 0 Å². The Labute approximate surface area is 101 Å². The summed E-state index contributed by atoms with van der Waals surface area (Å²) < 4.78 is 0. The van der Waals surface area contributed by atoms with Crippen molar-refractivity contribution in [3.8, 4) is 0 Å². The van der Waals surface area contributed by atoms with Gasteiger partial charge in [0.15, 0.2) is 0 Å². The number of ketones is 1. The largest absolute Gasteiger partial charge is 0.299 e. The van der Waals surface area contributed by atoms with Crippen LogP contribution in [-0.2, 0) is 4.79 Å². The van der Waals surface area contributed by atoms with Crippen LogP contribution in [0.2, 0.25) is 0 Å². The van der Waals surface area contributed by atoms with Crippen molar-refractivity contribution in [2.75, 3.05) is 0 Å². The highest BCUT2D eigenvalue weighted by Crippen LogP contribution is 2.41. The van der Waals surface area contributed by atoms with Crippen LogP contribution < -0.4 is 0 Å². The van der Waals surface area contributed by atoms with Gasteiger partial charge in [-0.05, 0) is 30.6 Å². The first-order valence-electron chi connectivity index (χ1n) is 7.00. The minimum absolute atomic E-state index is 0.229. The molecule has 1 aliphatic rings. The van der Waals surface area contributed by atoms with E-state index in [0.717, 1.165) is 12.8 Å². The predicted octanol–water partition coefficient (Wildman–Crippen LogP) is 4.60. The van der Waals surface area contributed by atoms with Crippen molar-refractivity contribution >= 4 is 5.78 Å². The van der Waals surface area contributed by atoms with E-state index in [1.54, 1.807) is 0 Å². The quantitative estimate of drug-likeness (QED) is 0.624. The fourth-order valence-corrected chi connectivity index (χ4v) is 3.03. The van der Waals surface area contributed by atoms with E-state index < -0.39 is 0 Å². The summed E-state index contributed by atoms with van der Waals surface area (Å²) >= 11 is 0. The molecule has 2 atom stereocenters. The summed E-state index contributed by atoms with van der Waals surface area (Å²) in [5.41, 5.74) is 0.229. The molecule has 0 N–H and O–H groups in total. The Hall–Kier alpha value is -0.330. The van der Waals surface area contributed by atoms with Gasteiger partial charge in [0.2, 0.25) is 0 Å². The first-order valence-corrected chi connectivity index (χ1v) is 7.00. The fraction of sp³-hybridized carbons (Fsp3) is 0.933. The number of carbonyl (C=O) groups excluding carboxylic acids is 1. The van der Waals surface area contributed by atoms with Crippen LogP contribution in [0, 0.1) is 17.3 Å². The van der Waals surface area contributed by atoms with Crippen LogP contribution in [0.4, 0.5) is 0 Å². The molecule has 0 spiro atoms. The number of unbranched alkanes of at least 4 members (excludes halogenated alkanes) is 2. The SMILES string of the molecule is CCCCCC(C)(C)C1CCC(C)CC1=O. The Morgan fingerprint density at radius 1 is 1.25 bits per heavy atom. The van der Waals surface area contributed by atoms with Crippen LogP contribution in [-0.4, -0.2) is 5.78 Å². The molecule has 1 nitrogen and oxygen atoms in total. The molecule has 1 heteroatoms. The second-order valence-electron chi connectivity index (χ2n) is 6.35. The van der Waals surface area contributed by atoms with Gasteiger partial charge in [-0.2, -0.15) is 0 Å². The van der Waals surface area contributed by atoms with Crippen molar-refractivity contribution in [2.24, 2.45) is 17.3 Å². The van der Waals surface area contributed by atoms with Gasteiger partial charge < -0.3 is 0 Å². The molecule has 1 rings (SSSR count). The molecule has 1 saturated carbocycles. The van der Waals surface area contributed by atoms with Gasteiger partial charge >= 0.3 is 0 Å². The highest BCUT2D eigenvalue weighted by molar-refractivity contribution is 5.82. The maximum absolute atomic E-state index is 12.1. The van der Waals surface area contributed by atoms with E-state index in [-0.39, 0.29) is 5.41 Å². The number of hydrogen-bond donors (Lipinski definition) is 0. The summed E-state index contributed by atoms with van der Waals surface area (Å²) in [7, 11) is 0. The minimum Gasteiger partial charge on any atom is -0.299 e. The number of rotatable bonds is 5. The smallest absolute Gasteiger partial charge is 0.136 e. The molecule has 1 aliphatic carbocycles. The normalized spacial score (nSPS) is 27.1. The van der Waals surface area contributed by atoms with Gasteiger partial charge in [0.1, 0.15) is 5.78 Å². The van der Waals surface area contributed by atoms with Crippen molar-refractivity contribution in [1.82, 2.24) is 0 Å². The zero-order valence-corrected chi connectivity index (χ0v) is 11.5. The van der Waals surface area contributed by atoms with Gasteiger partial charge in [-0.25, -0.2) is 0 Å². The zero-order valence-electron chi connectivity index (χ0n) is 11.5. The maximum atomic E-state index is 12.1. The Morgan fingerprint density at radius 2 is 1.94 bits per heavy atom. The van der Waals surface area contributed by atoms with E-state index in [4.69, 9.17) is 0 Å². The molecule has 2 unspecified atom stereocenters. The van der Waals surface area contributed by atoms with Crippen molar-refractivity contribution in [3.05, 3.63) is 0 Å². The van der Waals surface area contributed by atoms with Crippen LogP contribution in [0.5, 0.6) is 0 Å². The van der Waals surface area contributed by atoms with E-state index in [1.807, 2.05) is 0 Å². The summed E-state index contributed by atoms with van der Waals surface area (Å²) in [5.74, 6) is 1.48. The number of carbonyl (C=O) groups is 1. The molecule has 0 aromatic carbocycles. The summed E-state index contributed by atoms with van der Waals surface area (Å²) in [5, 5.41) is 0. The average Bonchev–Trinajstić information content (AvgIpc) is 2.17. The molecule has 0 radical (unpaired) electrons. The Morgan fingerprint density at radius 3 is 2.50 bits per heavy atom. The second kappa shape index (κ2) is 5.84. The molecular formula is C15H28O. The number of hydrogen-bond acceptors (Lipinski definition) is 1. The monoisotopic (exact) mass is 224 g/mol. The zero-order chi connectivity index (χ0) is 12.2. The molecule has 1 fully saturated rings. The second-order valence-corrected chi connectivity index (χ2v) is 6.35. The summed E-state index contributed by atoms with van der Waals surface area (Å²) in [6.07, 6.45) is 8.26. The van der Waals surface area contributed by atoms with Crippen LogP contribution >= 0.6 is 0 Å². The lowest BCUT2D eigenvalue weighted by molar-refractivity contribution is -0.130. The molecular weight excluding hydrogens is 196 g/mol. The topological polar surface area (TPSA) is 17.1 Å².